The number of rotatable bonds is 4. The predicted molar refractivity (Wildman–Crippen MR) is 101 cm³/mol. The molecule has 26 heavy (non-hydrogen) atoms. The average Bonchev–Trinajstić information content (AvgIpc) is 3.07. The molecule has 6 heteroatoms. The SMILES string of the molecule is CN[C@@H](Cc1ccccc1)C(=O)N1[C@@H]2C[C@H]3CC[C@]2(CS1(=O)=O)C3(C)C. The molecule has 1 aliphatic heterocycles. The van der Waals surface area contributed by atoms with Crippen molar-refractivity contribution in [2.45, 2.75) is 51.6 Å². The first-order valence-electron chi connectivity index (χ1n) is 9.50. The van der Waals surface area contributed by atoms with Gasteiger partial charge in [0.2, 0.25) is 10.0 Å². The Morgan fingerprint density at radius 1 is 1.31 bits per heavy atom. The first-order valence-corrected chi connectivity index (χ1v) is 11.1. The number of carbonyl (C=O) groups is 1. The van der Waals surface area contributed by atoms with Gasteiger partial charge in [-0.2, -0.15) is 0 Å². The van der Waals surface area contributed by atoms with Crippen LogP contribution in [-0.4, -0.2) is 43.5 Å². The molecule has 2 aliphatic carbocycles. The van der Waals surface area contributed by atoms with Gasteiger partial charge < -0.3 is 5.32 Å². The predicted octanol–water partition coefficient (Wildman–Crippen LogP) is 2.18. The second kappa shape index (κ2) is 5.80. The fourth-order valence-electron chi connectivity index (χ4n) is 5.90. The molecular weight excluding hydrogens is 348 g/mol. The molecule has 1 heterocycles. The molecule has 4 rings (SSSR count). The Labute approximate surface area is 156 Å². The second-order valence-corrected chi connectivity index (χ2v) is 10.6. The summed E-state index contributed by atoms with van der Waals surface area (Å²) in [6.07, 6.45) is 3.32. The topological polar surface area (TPSA) is 66.5 Å². The molecule has 1 saturated heterocycles. The molecular formula is C20H28N2O3S. The maximum Gasteiger partial charge on any atom is 0.253 e. The van der Waals surface area contributed by atoms with E-state index in [1.54, 1.807) is 7.05 Å². The zero-order valence-corrected chi connectivity index (χ0v) is 16.6. The van der Waals surface area contributed by atoms with Crippen molar-refractivity contribution in [3.63, 3.8) is 0 Å². The number of nitrogens with one attached hydrogen (secondary N) is 1. The Bertz CT molecular complexity index is 821. The van der Waals surface area contributed by atoms with E-state index in [-0.39, 0.29) is 28.5 Å². The van der Waals surface area contributed by atoms with Gasteiger partial charge >= 0.3 is 0 Å². The van der Waals surface area contributed by atoms with Gasteiger partial charge in [-0.25, -0.2) is 12.7 Å². The third-order valence-electron chi connectivity index (χ3n) is 7.56. The normalized spacial score (nSPS) is 34.7. The molecule has 4 atom stereocenters. The summed E-state index contributed by atoms with van der Waals surface area (Å²) in [5, 5.41) is 3.05. The van der Waals surface area contributed by atoms with Crippen LogP contribution in [-0.2, 0) is 21.2 Å². The summed E-state index contributed by atoms with van der Waals surface area (Å²) in [5.74, 6) is 0.351. The number of nitrogens with zero attached hydrogens (tertiary/aromatic N) is 1. The Balaban J connectivity index is 1.65. The fourth-order valence-corrected chi connectivity index (χ4v) is 8.47. The van der Waals surface area contributed by atoms with Crippen LogP contribution in [0, 0.1) is 16.7 Å². The van der Waals surface area contributed by atoms with Gasteiger partial charge in [0.25, 0.3) is 5.91 Å². The van der Waals surface area contributed by atoms with Crippen molar-refractivity contribution in [1.29, 1.82) is 0 Å². The monoisotopic (exact) mass is 376 g/mol. The zero-order valence-electron chi connectivity index (χ0n) is 15.7. The van der Waals surface area contributed by atoms with E-state index in [1.165, 1.54) is 4.31 Å². The minimum absolute atomic E-state index is 0.0195. The molecule has 0 radical (unpaired) electrons. The number of hydrogen-bond donors (Lipinski definition) is 1. The summed E-state index contributed by atoms with van der Waals surface area (Å²) < 4.78 is 27.4. The molecule has 1 aromatic carbocycles. The smallest absolute Gasteiger partial charge is 0.253 e. The van der Waals surface area contributed by atoms with Gasteiger partial charge in [0.05, 0.1) is 17.8 Å². The molecule has 2 saturated carbocycles. The molecule has 3 fully saturated rings. The lowest BCUT2D eigenvalue weighted by atomic mass is 9.69. The van der Waals surface area contributed by atoms with Crippen molar-refractivity contribution >= 4 is 15.9 Å². The molecule has 5 nitrogen and oxygen atoms in total. The zero-order chi connectivity index (χ0) is 18.7. The van der Waals surface area contributed by atoms with Gasteiger partial charge in [-0.05, 0) is 49.6 Å². The minimum atomic E-state index is -3.56. The molecule has 1 amide bonds. The maximum atomic E-state index is 13.3. The standard InChI is InChI=1S/C20H28N2O3S/c1-19(2)15-9-10-20(19)13-26(24,25)22(17(20)12-15)18(23)16(21-3)11-14-7-5-4-6-8-14/h4-8,15-17,21H,9-13H2,1-3H3/t15-,16+,17-,20-/m1/s1. The van der Waals surface area contributed by atoms with E-state index in [0.717, 1.165) is 24.8 Å². The first-order chi connectivity index (χ1) is 12.2. The van der Waals surface area contributed by atoms with E-state index in [0.29, 0.717) is 12.3 Å². The van der Waals surface area contributed by atoms with Crippen molar-refractivity contribution in [3.8, 4) is 0 Å². The number of hydrogen-bond acceptors (Lipinski definition) is 4. The highest BCUT2D eigenvalue weighted by Gasteiger charge is 2.72. The summed E-state index contributed by atoms with van der Waals surface area (Å²) in [6, 6.07) is 9.06. The summed E-state index contributed by atoms with van der Waals surface area (Å²) in [5.41, 5.74) is 0.741. The number of amides is 1. The molecule has 2 bridgehead atoms. The molecule has 1 aromatic rings. The van der Waals surface area contributed by atoms with E-state index in [1.807, 2.05) is 30.3 Å². The summed E-state index contributed by atoms with van der Waals surface area (Å²) >= 11 is 0. The van der Waals surface area contributed by atoms with Crippen molar-refractivity contribution < 1.29 is 13.2 Å². The lowest BCUT2D eigenvalue weighted by Crippen LogP contribution is -2.51. The molecule has 0 unspecified atom stereocenters. The average molecular weight is 377 g/mol. The van der Waals surface area contributed by atoms with E-state index in [2.05, 4.69) is 19.2 Å². The Morgan fingerprint density at radius 3 is 2.62 bits per heavy atom. The molecule has 142 valence electrons. The third-order valence-corrected chi connectivity index (χ3v) is 9.47. The van der Waals surface area contributed by atoms with Crippen molar-refractivity contribution in [2.75, 3.05) is 12.8 Å². The molecule has 3 aliphatic rings. The highest BCUT2D eigenvalue weighted by Crippen LogP contribution is 2.70. The lowest BCUT2D eigenvalue weighted by molar-refractivity contribution is -0.131. The third kappa shape index (κ3) is 2.31. The molecule has 1 N–H and O–H groups in total. The number of benzene rings is 1. The van der Waals surface area contributed by atoms with E-state index in [9.17, 15) is 13.2 Å². The van der Waals surface area contributed by atoms with Crippen molar-refractivity contribution in [3.05, 3.63) is 35.9 Å². The summed E-state index contributed by atoms with van der Waals surface area (Å²) in [4.78, 5) is 13.3. The fraction of sp³-hybridized carbons (Fsp3) is 0.650. The minimum Gasteiger partial charge on any atom is -0.309 e. The van der Waals surface area contributed by atoms with Gasteiger partial charge in [0.15, 0.2) is 0 Å². The van der Waals surface area contributed by atoms with E-state index < -0.39 is 16.1 Å². The quantitative estimate of drug-likeness (QED) is 0.875. The summed E-state index contributed by atoms with van der Waals surface area (Å²) in [7, 11) is -1.83. The van der Waals surface area contributed by atoms with Crippen LogP contribution in [0.4, 0.5) is 0 Å². The van der Waals surface area contributed by atoms with E-state index in [4.69, 9.17) is 0 Å². The van der Waals surface area contributed by atoms with Crippen LogP contribution in [0.15, 0.2) is 30.3 Å². The van der Waals surface area contributed by atoms with E-state index >= 15 is 0 Å². The number of likely N-dealkylation sites (N-methyl/N-ethyl adjacent to an activating group) is 1. The van der Waals surface area contributed by atoms with Gasteiger partial charge in [-0.15, -0.1) is 0 Å². The first kappa shape index (κ1) is 18.0. The molecule has 1 spiro atoms. The van der Waals surface area contributed by atoms with Crippen LogP contribution >= 0.6 is 0 Å². The van der Waals surface area contributed by atoms with Crippen LogP contribution in [0.5, 0.6) is 0 Å². The van der Waals surface area contributed by atoms with Crippen LogP contribution in [0.25, 0.3) is 0 Å². The Hall–Kier alpha value is -1.40. The van der Waals surface area contributed by atoms with Crippen molar-refractivity contribution in [1.82, 2.24) is 9.62 Å². The highest BCUT2D eigenvalue weighted by molar-refractivity contribution is 7.90. The maximum absolute atomic E-state index is 13.3. The van der Waals surface area contributed by atoms with Gasteiger partial charge in [0.1, 0.15) is 0 Å². The second-order valence-electron chi connectivity index (χ2n) is 8.79. The van der Waals surface area contributed by atoms with Crippen LogP contribution < -0.4 is 5.32 Å². The highest BCUT2D eigenvalue weighted by atomic mass is 32.2. The Morgan fingerprint density at radius 2 is 2.00 bits per heavy atom. The number of fused-ring (bicyclic) bond motifs is 1. The molecule has 0 aromatic heterocycles. The van der Waals surface area contributed by atoms with Crippen LogP contribution in [0.1, 0.15) is 38.7 Å². The lowest BCUT2D eigenvalue weighted by Gasteiger charge is -2.37. The van der Waals surface area contributed by atoms with Gasteiger partial charge in [-0.3, -0.25) is 4.79 Å². The van der Waals surface area contributed by atoms with Crippen molar-refractivity contribution in [2.24, 2.45) is 16.7 Å². The van der Waals surface area contributed by atoms with Gasteiger partial charge in [-0.1, -0.05) is 44.2 Å². The number of sulfonamides is 1. The van der Waals surface area contributed by atoms with Crippen LogP contribution in [0.2, 0.25) is 0 Å². The van der Waals surface area contributed by atoms with Gasteiger partial charge in [0, 0.05) is 5.41 Å². The van der Waals surface area contributed by atoms with Crippen LogP contribution in [0.3, 0.4) is 0 Å². The summed E-state index contributed by atoms with van der Waals surface area (Å²) in [6.45, 7) is 4.40. The Kier molecular flexibility index (Phi) is 4.01. The number of carbonyl (C=O) groups excluding carboxylic acids is 1. The largest absolute Gasteiger partial charge is 0.309 e.